The molecule has 2 aromatic rings. The average molecular weight is 276 g/mol. The number of rotatable bonds is 2. The Labute approximate surface area is 116 Å². The van der Waals surface area contributed by atoms with E-state index in [1.807, 2.05) is 4.90 Å². The van der Waals surface area contributed by atoms with Gasteiger partial charge in [0.25, 0.3) is 0 Å². The second kappa shape index (κ2) is 5.54. The van der Waals surface area contributed by atoms with E-state index in [4.69, 9.17) is 0 Å². The van der Waals surface area contributed by atoms with Gasteiger partial charge in [0.1, 0.15) is 6.33 Å². The Hall–Kier alpha value is -1.66. The van der Waals surface area contributed by atoms with Crippen LogP contribution in [0.25, 0.3) is 0 Å². The lowest BCUT2D eigenvalue weighted by atomic mass is 10.2. The summed E-state index contributed by atoms with van der Waals surface area (Å²) in [7, 11) is 0. The summed E-state index contributed by atoms with van der Waals surface area (Å²) in [5.41, 5.74) is 1.36. The molecule has 0 radical (unpaired) electrons. The summed E-state index contributed by atoms with van der Waals surface area (Å²) in [5, 5.41) is 4.29. The summed E-state index contributed by atoms with van der Waals surface area (Å²) < 4.78 is 1.54. The fraction of sp³-hybridized carbons (Fsp3) is 0.385. The number of hydrogen-bond donors (Lipinski definition) is 0. The normalized spacial score (nSPS) is 16.7. The van der Waals surface area contributed by atoms with Gasteiger partial charge in [0.15, 0.2) is 0 Å². The summed E-state index contributed by atoms with van der Waals surface area (Å²) in [6.07, 6.45) is 4.88. The first-order valence-electron chi connectivity index (χ1n) is 6.33. The Bertz CT molecular complexity index is 515. The number of nitrogens with zero attached hydrogens (tertiary/aromatic N) is 4. The highest BCUT2D eigenvalue weighted by Crippen LogP contribution is 2.12. The molecule has 1 aliphatic heterocycles. The summed E-state index contributed by atoms with van der Waals surface area (Å²) >= 11 is 1.73. The van der Waals surface area contributed by atoms with Crippen molar-refractivity contribution in [1.82, 2.24) is 19.4 Å². The van der Waals surface area contributed by atoms with Crippen LogP contribution in [0.4, 0.5) is 4.79 Å². The number of carbonyl (C=O) groups excluding carboxylic acids is 1. The van der Waals surface area contributed by atoms with E-state index in [0.29, 0.717) is 0 Å². The Balaban J connectivity index is 1.53. The van der Waals surface area contributed by atoms with Gasteiger partial charge in [-0.3, -0.25) is 9.47 Å². The molecular formula is C13H16N4OS. The zero-order chi connectivity index (χ0) is 13.1. The number of aromatic nitrogens is 2. The smallest absolute Gasteiger partial charge is 0.321 e. The quantitative estimate of drug-likeness (QED) is 0.839. The second-order valence-corrected chi connectivity index (χ2v) is 5.43. The van der Waals surface area contributed by atoms with Gasteiger partial charge in [-0.1, -0.05) is 0 Å². The molecular weight excluding hydrogens is 260 g/mol. The van der Waals surface area contributed by atoms with Crippen molar-refractivity contribution >= 4 is 17.4 Å². The van der Waals surface area contributed by atoms with Crippen molar-refractivity contribution < 1.29 is 4.79 Å². The minimum atomic E-state index is 0.0210. The SMILES string of the molecule is O=C(N1CCN(Cc2ccsc2)CC1)n1ccnc1. The van der Waals surface area contributed by atoms with Crippen molar-refractivity contribution in [3.8, 4) is 0 Å². The van der Waals surface area contributed by atoms with Gasteiger partial charge in [-0.25, -0.2) is 9.78 Å². The molecule has 3 rings (SSSR count). The van der Waals surface area contributed by atoms with Crippen molar-refractivity contribution in [1.29, 1.82) is 0 Å². The summed E-state index contributed by atoms with van der Waals surface area (Å²) in [4.78, 5) is 20.3. The van der Waals surface area contributed by atoms with Crippen LogP contribution in [0.5, 0.6) is 0 Å². The Morgan fingerprint density at radius 3 is 2.79 bits per heavy atom. The molecule has 0 bridgehead atoms. The third kappa shape index (κ3) is 2.85. The topological polar surface area (TPSA) is 41.4 Å². The fourth-order valence-corrected chi connectivity index (χ4v) is 2.93. The standard InChI is InChI=1S/C13H16N4OS/c18-13(17-3-2-14-11-17)16-6-4-15(5-7-16)9-12-1-8-19-10-12/h1-3,8,10-11H,4-7,9H2. The van der Waals surface area contributed by atoms with Crippen molar-refractivity contribution in [3.63, 3.8) is 0 Å². The van der Waals surface area contributed by atoms with E-state index < -0.39 is 0 Å². The van der Waals surface area contributed by atoms with Crippen LogP contribution in [-0.2, 0) is 6.54 Å². The van der Waals surface area contributed by atoms with E-state index in [0.717, 1.165) is 32.7 Å². The number of amides is 1. The van der Waals surface area contributed by atoms with Crippen LogP contribution in [0.15, 0.2) is 35.5 Å². The maximum absolute atomic E-state index is 12.1. The van der Waals surface area contributed by atoms with Crippen LogP contribution in [-0.4, -0.2) is 51.6 Å². The molecule has 2 aromatic heterocycles. The average Bonchev–Trinajstić information content (AvgIpc) is 3.12. The highest BCUT2D eigenvalue weighted by molar-refractivity contribution is 7.07. The maximum Gasteiger partial charge on any atom is 0.329 e. The number of thiophene rings is 1. The molecule has 5 nitrogen and oxygen atoms in total. The molecule has 0 unspecified atom stereocenters. The van der Waals surface area contributed by atoms with E-state index in [1.54, 1.807) is 30.1 Å². The van der Waals surface area contributed by atoms with Gasteiger partial charge in [0.2, 0.25) is 0 Å². The van der Waals surface area contributed by atoms with Crippen molar-refractivity contribution in [3.05, 3.63) is 41.1 Å². The molecule has 19 heavy (non-hydrogen) atoms. The van der Waals surface area contributed by atoms with Crippen LogP contribution in [0, 0.1) is 0 Å². The molecule has 100 valence electrons. The van der Waals surface area contributed by atoms with Gasteiger partial charge in [0, 0.05) is 45.1 Å². The molecule has 1 saturated heterocycles. The molecule has 0 aliphatic carbocycles. The molecule has 3 heterocycles. The molecule has 0 aromatic carbocycles. The van der Waals surface area contributed by atoms with Crippen molar-refractivity contribution in [2.75, 3.05) is 26.2 Å². The van der Waals surface area contributed by atoms with Crippen molar-refractivity contribution in [2.45, 2.75) is 6.54 Å². The second-order valence-electron chi connectivity index (χ2n) is 4.65. The van der Waals surface area contributed by atoms with E-state index in [-0.39, 0.29) is 6.03 Å². The Morgan fingerprint density at radius 2 is 2.16 bits per heavy atom. The van der Waals surface area contributed by atoms with Gasteiger partial charge < -0.3 is 4.90 Å². The number of imidazole rings is 1. The maximum atomic E-state index is 12.1. The number of piperazine rings is 1. The van der Waals surface area contributed by atoms with Gasteiger partial charge in [0.05, 0.1) is 0 Å². The molecule has 1 amide bonds. The van der Waals surface area contributed by atoms with Crippen LogP contribution < -0.4 is 0 Å². The zero-order valence-electron chi connectivity index (χ0n) is 10.6. The highest BCUT2D eigenvalue weighted by Gasteiger charge is 2.21. The van der Waals surface area contributed by atoms with E-state index in [2.05, 4.69) is 26.7 Å². The zero-order valence-corrected chi connectivity index (χ0v) is 11.4. The van der Waals surface area contributed by atoms with Gasteiger partial charge in [-0.05, 0) is 22.4 Å². The van der Waals surface area contributed by atoms with Crippen LogP contribution in [0.3, 0.4) is 0 Å². The Morgan fingerprint density at radius 1 is 1.32 bits per heavy atom. The highest BCUT2D eigenvalue weighted by atomic mass is 32.1. The first-order chi connectivity index (χ1) is 9.33. The summed E-state index contributed by atoms with van der Waals surface area (Å²) in [5.74, 6) is 0. The predicted molar refractivity (Wildman–Crippen MR) is 74.2 cm³/mol. The van der Waals surface area contributed by atoms with Gasteiger partial charge >= 0.3 is 6.03 Å². The molecule has 6 heteroatoms. The van der Waals surface area contributed by atoms with Crippen LogP contribution in [0.1, 0.15) is 5.56 Å². The minimum Gasteiger partial charge on any atom is -0.321 e. The summed E-state index contributed by atoms with van der Waals surface area (Å²) in [6.45, 7) is 4.39. The van der Waals surface area contributed by atoms with E-state index >= 15 is 0 Å². The molecule has 0 atom stereocenters. The minimum absolute atomic E-state index is 0.0210. The van der Waals surface area contributed by atoms with Crippen molar-refractivity contribution in [2.24, 2.45) is 0 Å². The van der Waals surface area contributed by atoms with Crippen LogP contribution >= 0.6 is 11.3 Å². The molecule has 0 saturated carbocycles. The summed E-state index contributed by atoms with van der Waals surface area (Å²) in [6, 6.07) is 2.18. The number of carbonyl (C=O) groups is 1. The van der Waals surface area contributed by atoms with Gasteiger partial charge in [-0.2, -0.15) is 11.3 Å². The lowest BCUT2D eigenvalue weighted by Gasteiger charge is -2.34. The van der Waals surface area contributed by atoms with Gasteiger partial charge in [-0.15, -0.1) is 0 Å². The van der Waals surface area contributed by atoms with E-state index in [9.17, 15) is 4.79 Å². The molecule has 0 spiro atoms. The first kappa shape index (κ1) is 12.4. The molecule has 0 N–H and O–H groups in total. The largest absolute Gasteiger partial charge is 0.329 e. The lowest BCUT2D eigenvalue weighted by molar-refractivity contribution is 0.136. The number of hydrogen-bond acceptors (Lipinski definition) is 4. The third-order valence-electron chi connectivity index (χ3n) is 3.35. The first-order valence-corrected chi connectivity index (χ1v) is 7.28. The Kier molecular flexibility index (Phi) is 3.61. The van der Waals surface area contributed by atoms with Crippen LogP contribution in [0.2, 0.25) is 0 Å². The predicted octanol–water partition coefficient (Wildman–Crippen LogP) is 1.73. The monoisotopic (exact) mass is 276 g/mol. The lowest BCUT2D eigenvalue weighted by Crippen LogP contribution is -2.49. The third-order valence-corrected chi connectivity index (χ3v) is 4.09. The molecule has 1 aliphatic rings. The molecule has 1 fully saturated rings. The van der Waals surface area contributed by atoms with E-state index in [1.165, 1.54) is 10.1 Å². The fourth-order valence-electron chi connectivity index (χ4n) is 2.27.